The number of aryl methyl sites for hydroxylation is 3. The van der Waals surface area contributed by atoms with E-state index in [2.05, 4.69) is 15.2 Å². The van der Waals surface area contributed by atoms with E-state index in [9.17, 15) is 4.79 Å². The third-order valence-electron chi connectivity index (χ3n) is 5.81. The maximum Gasteiger partial charge on any atom is 0.264 e. The molecular formula is C20H24N6OS. The molecule has 1 atom stereocenters. The number of piperidine rings is 1. The van der Waals surface area contributed by atoms with E-state index in [0.717, 1.165) is 63.2 Å². The average Bonchev–Trinajstić information content (AvgIpc) is 3.37. The lowest BCUT2D eigenvalue weighted by Crippen LogP contribution is -2.39. The van der Waals surface area contributed by atoms with Crippen molar-refractivity contribution >= 4 is 27.5 Å². The second kappa shape index (κ2) is 6.62. The van der Waals surface area contributed by atoms with Crippen molar-refractivity contribution in [1.29, 1.82) is 0 Å². The van der Waals surface area contributed by atoms with Crippen molar-refractivity contribution in [2.24, 2.45) is 0 Å². The number of likely N-dealkylation sites (tertiary alicyclic amines) is 1. The molecule has 0 bridgehead atoms. The zero-order chi connectivity index (χ0) is 19.4. The van der Waals surface area contributed by atoms with Crippen LogP contribution >= 0.6 is 11.3 Å². The first-order valence-electron chi connectivity index (χ1n) is 9.97. The van der Waals surface area contributed by atoms with Crippen LogP contribution in [0, 0.1) is 20.8 Å². The van der Waals surface area contributed by atoms with Crippen LogP contribution < -0.4 is 0 Å². The number of hydrogen-bond acceptors (Lipinski definition) is 6. The quantitative estimate of drug-likeness (QED) is 0.730. The first-order valence-corrected chi connectivity index (χ1v) is 10.8. The zero-order valence-corrected chi connectivity index (χ0v) is 17.3. The highest BCUT2D eigenvalue weighted by atomic mass is 32.1. The van der Waals surface area contributed by atoms with Crippen LogP contribution in [0.4, 0.5) is 0 Å². The minimum absolute atomic E-state index is 0.102. The summed E-state index contributed by atoms with van der Waals surface area (Å²) in [5.74, 6) is 3.39. The lowest BCUT2D eigenvalue weighted by molar-refractivity contribution is 0.0709. The summed E-state index contributed by atoms with van der Waals surface area (Å²) < 4.78 is 0. The maximum absolute atomic E-state index is 13.4. The Bertz CT molecular complexity index is 1070. The van der Waals surface area contributed by atoms with E-state index < -0.39 is 0 Å². The summed E-state index contributed by atoms with van der Waals surface area (Å²) in [5.41, 5.74) is 2.01. The van der Waals surface area contributed by atoms with Crippen molar-refractivity contribution < 1.29 is 4.79 Å². The second-order valence-electron chi connectivity index (χ2n) is 8.05. The summed E-state index contributed by atoms with van der Waals surface area (Å²) in [6, 6.07) is 0. The van der Waals surface area contributed by atoms with Gasteiger partial charge in [0, 0.05) is 30.3 Å². The summed E-state index contributed by atoms with van der Waals surface area (Å²) in [5, 5.41) is 8.28. The van der Waals surface area contributed by atoms with Crippen LogP contribution in [0.15, 0.2) is 0 Å². The van der Waals surface area contributed by atoms with Crippen LogP contribution in [0.1, 0.15) is 75.9 Å². The summed E-state index contributed by atoms with van der Waals surface area (Å²) in [7, 11) is 0. The number of fused-ring (bicyclic) bond motifs is 1. The van der Waals surface area contributed by atoms with E-state index in [1.54, 1.807) is 0 Å². The monoisotopic (exact) mass is 396 g/mol. The van der Waals surface area contributed by atoms with Gasteiger partial charge in [-0.1, -0.05) is 0 Å². The SMILES string of the molecule is Cc1nc([C@@H]2CCCN(C(=O)c3sc4nc(C5CC5)nc(C)c4c3C)C2)n[nH]1. The lowest BCUT2D eigenvalue weighted by atomic mass is 9.97. The summed E-state index contributed by atoms with van der Waals surface area (Å²) in [4.78, 5) is 31.0. The van der Waals surface area contributed by atoms with Gasteiger partial charge in [0.05, 0.1) is 10.6 Å². The van der Waals surface area contributed by atoms with Crippen molar-refractivity contribution in [2.45, 2.75) is 58.3 Å². The average molecular weight is 397 g/mol. The third kappa shape index (κ3) is 2.99. The smallest absolute Gasteiger partial charge is 0.264 e. The molecule has 1 saturated carbocycles. The van der Waals surface area contributed by atoms with Gasteiger partial charge in [-0.05, 0) is 52.0 Å². The molecule has 0 unspecified atom stereocenters. The van der Waals surface area contributed by atoms with Gasteiger partial charge in [-0.25, -0.2) is 15.0 Å². The number of carbonyl (C=O) groups is 1. The molecule has 5 rings (SSSR count). The van der Waals surface area contributed by atoms with Crippen LogP contribution in [-0.4, -0.2) is 49.0 Å². The molecule has 1 aliphatic heterocycles. The van der Waals surface area contributed by atoms with Crippen LogP contribution in [0.5, 0.6) is 0 Å². The Morgan fingerprint density at radius 1 is 1.07 bits per heavy atom. The lowest BCUT2D eigenvalue weighted by Gasteiger charge is -2.31. The molecule has 2 aliphatic rings. The van der Waals surface area contributed by atoms with Crippen molar-refractivity contribution in [3.63, 3.8) is 0 Å². The van der Waals surface area contributed by atoms with Gasteiger partial charge >= 0.3 is 0 Å². The van der Waals surface area contributed by atoms with Gasteiger partial charge in [0.1, 0.15) is 16.5 Å². The molecular weight excluding hydrogens is 372 g/mol. The Labute approximate surface area is 167 Å². The fourth-order valence-corrected chi connectivity index (χ4v) is 5.35. The van der Waals surface area contributed by atoms with E-state index in [-0.39, 0.29) is 11.8 Å². The Hall–Kier alpha value is -2.35. The molecule has 146 valence electrons. The maximum atomic E-state index is 13.4. The molecule has 3 aromatic rings. The molecule has 1 N–H and O–H groups in total. The highest BCUT2D eigenvalue weighted by molar-refractivity contribution is 7.20. The molecule has 1 amide bonds. The Balaban J connectivity index is 1.45. The molecule has 1 aliphatic carbocycles. The number of hydrogen-bond donors (Lipinski definition) is 1. The molecule has 1 saturated heterocycles. The topological polar surface area (TPSA) is 87.7 Å². The van der Waals surface area contributed by atoms with E-state index in [1.165, 1.54) is 24.2 Å². The van der Waals surface area contributed by atoms with Crippen molar-refractivity contribution in [2.75, 3.05) is 13.1 Å². The Kier molecular flexibility index (Phi) is 4.19. The molecule has 0 radical (unpaired) electrons. The molecule has 4 heterocycles. The van der Waals surface area contributed by atoms with Gasteiger partial charge in [-0.3, -0.25) is 9.89 Å². The zero-order valence-electron chi connectivity index (χ0n) is 16.4. The first-order chi connectivity index (χ1) is 13.5. The number of amides is 1. The second-order valence-corrected chi connectivity index (χ2v) is 9.05. The van der Waals surface area contributed by atoms with Crippen molar-refractivity contribution in [3.05, 3.63) is 33.6 Å². The predicted octanol–water partition coefficient (Wildman–Crippen LogP) is 3.63. The summed E-state index contributed by atoms with van der Waals surface area (Å²) in [6.07, 6.45) is 4.34. The van der Waals surface area contributed by atoms with Gasteiger partial charge in [0.25, 0.3) is 5.91 Å². The normalized spacial score (nSPS) is 20.1. The van der Waals surface area contributed by atoms with Gasteiger partial charge < -0.3 is 4.90 Å². The van der Waals surface area contributed by atoms with Gasteiger partial charge in [-0.2, -0.15) is 5.10 Å². The molecule has 3 aromatic heterocycles. The minimum Gasteiger partial charge on any atom is -0.337 e. The molecule has 0 aromatic carbocycles. The molecule has 7 nitrogen and oxygen atoms in total. The Morgan fingerprint density at radius 2 is 1.89 bits per heavy atom. The Morgan fingerprint density at radius 3 is 2.61 bits per heavy atom. The van der Waals surface area contributed by atoms with Crippen molar-refractivity contribution in [1.82, 2.24) is 30.0 Å². The van der Waals surface area contributed by atoms with Crippen LogP contribution in [-0.2, 0) is 0 Å². The number of thiophene rings is 1. The number of aromatic nitrogens is 5. The van der Waals surface area contributed by atoms with Crippen LogP contribution in [0.3, 0.4) is 0 Å². The predicted molar refractivity (Wildman–Crippen MR) is 108 cm³/mol. The number of nitrogens with zero attached hydrogens (tertiary/aromatic N) is 5. The molecule has 8 heteroatoms. The van der Waals surface area contributed by atoms with Gasteiger partial charge in [0.15, 0.2) is 5.82 Å². The third-order valence-corrected chi connectivity index (χ3v) is 6.99. The van der Waals surface area contributed by atoms with Crippen molar-refractivity contribution in [3.8, 4) is 0 Å². The van der Waals surface area contributed by atoms with Crippen LogP contribution in [0.25, 0.3) is 10.2 Å². The number of rotatable bonds is 3. The largest absolute Gasteiger partial charge is 0.337 e. The number of aromatic amines is 1. The van der Waals surface area contributed by atoms with E-state index in [0.29, 0.717) is 12.5 Å². The van der Waals surface area contributed by atoms with E-state index in [4.69, 9.17) is 9.97 Å². The minimum atomic E-state index is 0.102. The van der Waals surface area contributed by atoms with E-state index >= 15 is 0 Å². The van der Waals surface area contributed by atoms with E-state index in [1.807, 2.05) is 25.7 Å². The van der Waals surface area contributed by atoms with Crippen LogP contribution in [0.2, 0.25) is 0 Å². The summed E-state index contributed by atoms with van der Waals surface area (Å²) in [6.45, 7) is 7.42. The molecule has 2 fully saturated rings. The molecule has 28 heavy (non-hydrogen) atoms. The van der Waals surface area contributed by atoms with Gasteiger partial charge in [0.2, 0.25) is 0 Å². The number of H-pyrrole nitrogens is 1. The number of carbonyl (C=O) groups excluding carboxylic acids is 1. The van der Waals surface area contributed by atoms with Gasteiger partial charge in [-0.15, -0.1) is 11.3 Å². The highest BCUT2D eigenvalue weighted by Crippen LogP contribution is 2.40. The number of nitrogens with one attached hydrogen (secondary N) is 1. The summed E-state index contributed by atoms with van der Waals surface area (Å²) >= 11 is 1.52. The fraction of sp³-hybridized carbons (Fsp3) is 0.550. The molecule has 0 spiro atoms. The first kappa shape index (κ1) is 17.7. The fourth-order valence-electron chi connectivity index (χ4n) is 4.15. The highest BCUT2D eigenvalue weighted by Gasteiger charge is 2.31. The standard InChI is InChI=1S/C20H24N6OS/c1-10-15-11(2)21-17(13-6-7-13)23-19(15)28-16(10)20(27)26-8-4-5-14(9-26)18-22-12(3)24-25-18/h13-14H,4-9H2,1-3H3,(H,22,24,25)/t14-/m1/s1.